The molecule has 0 aliphatic rings. The Kier molecular flexibility index (Phi) is 6.28. The highest BCUT2D eigenvalue weighted by atomic mass is 19.2. The molecule has 0 saturated heterocycles. The molecule has 5 rings (SSSR count). The van der Waals surface area contributed by atoms with E-state index in [0.717, 1.165) is 28.9 Å². The molecule has 1 amide bonds. The molecule has 9 heteroatoms. The van der Waals surface area contributed by atoms with Gasteiger partial charge in [-0.25, -0.2) is 8.78 Å². The third-order valence-corrected chi connectivity index (χ3v) is 5.96. The van der Waals surface area contributed by atoms with E-state index in [2.05, 4.69) is 25.1 Å². The predicted octanol–water partition coefficient (Wildman–Crippen LogP) is 5.47. The third kappa shape index (κ3) is 4.47. The van der Waals surface area contributed by atoms with Crippen molar-refractivity contribution in [3.05, 3.63) is 101 Å². The number of hydrogen-bond donors (Lipinski definition) is 1. The lowest BCUT2D eigenvalue weighted by atomic mass is 10.0. The fourth-order valence-electron chi connectivity index (χ4n) is 4.36. The van der Waals surface area contributed by atoms with Crippen LogP contribution in [0.3, 0.4) is 0 Å². The zero-order chi connectivity index (χ0) is 25.2. The third-order valence-electron chi connectivity index (χ3n) is 5.96. The van der Waals surface area contributed by atoms with Gasteiger partial charge in [0.25, 0.3) is 11.8 Å². The van der Waals surface area contributed by atoms with Crippen LogP contribution in [0.4, 0.5) is 8.78 Å². The smallest absolute Gasteiger partial charge is 0.266 e. The lowest BCUT2D eigenvalue weighted by molar-refractivity contribution is 0.0951. The van der Waals surface area contributed by atoms with E-state index in [0.29, 0.717) is 28.8 Å². The standard InChI is InChI=1S/C27H23F2N5O2/c1-16(2)25-24(26(35)31-12-18-8-9-20(28)21(29)10-18)19-13-30-22(27-33-32-15-36-27)11-23(19)34(25)14-17-6-4-3-5-7-17/h3-11,13,15-16H,12,14H2,1-2H3,(H,31,35). The lowest BCUT2D eigenvalue weighted by Crippen LogP contribution is -2.24. The Balaban J connectivity index is 1.61. The summed E-state index contributed by atoms with van der Waals surface area (Å²) >= 11 is 0. The maximum atomic E-state index is 13.7. The van der Waals surface area contributed by atoms with Gasteiger partial charge in [0.1, 0.15) is 5.69 Å². The van der Waals surface area contributed by atoms with Gasteiger partial charge in [0.15, 0.2) is 11.6 Å². The van der Waals surface area contributed by atoms with Gasteiger partial charge in [-0.2, -0.15) is 0 Å². The molecule has 1 N–H and O–H groups in total. The van der Waals surface area contributed by atoms with Gasteiger partial charge in [-0.15, -0.1) is 10.2 Å². The summed E-state index contributed by atoms with van der Waals surface area (Å²) in [4.78, 5) is 18.0. The first-order chi connectivity index (χ1) is 17.4. The number of halogens is 2. The monoisotopic (exact) mass is 487 g/mol. The summed E-state index contributed by atoms with van der Waals surface area (Å²) in [6.07, 6.45) is 2.87. The first-order valence-corrected chi connectivity index (χ1v) is 11.5. The normalized spacial score (nSPS) is 11.4. The van der Waals surface area contributed by atoms with Crippen LogP contribution in [0.15, 0.2) is 71.6 Å². The van der Waals surface area contributed by atoms with Gasteiger partial charge in [-0.05, 0) is 35.2 Å². The molecule has 0 fully saturated rings. The predicted molar refractivity (Wildman–Crippen MR) is 130 cm³/mol. The van der Waals surface area contributed by atoms with Crippen molar-refractivity contribution < 1.29 is 18.0 Å². The Morgan fingerprint density at radius 1 is 1.06 bits per heavy atom. The number of hydrogen-bond acceptors (Lipinski definition) is 5. The van der Waals surface area contributed by atoms with Gasteiger partial charge in [0.2, 0.25) is 6.39 Å². The molecular weight excluding hydrogens is 464 g/mol. The van der Waals surface area contributed by atoms with Crippen LogP contribution in [0.25, 0.3) is 22.5 Å². The molecular formula is C27H23F2N5O2. The molecule has 7 nitrogen and oxygen atoms in total. The van der Waals surface area contributed by atoms with Gasteiger partial charge in [-0.1, -0.05) is 50.2 Å². The number of amides is 1. The minimum absolute atomic E-state index is 0.00279. The molecule has 3 heterocycles. The highest BCUT2D eigenvalue weighted by molar-refractivity contribution is 6.08. The van der Waals surface area contributed by atoms with Crippen molar-refractivity contribution in [3.8, 4) is 11.6 Å². The quantitative estimate of drug-likeness (QED) is 0.329. The lowest BCUT2D eigenvalue weighted by Gasteiger charge is -2.16. The molecule has 0 radical (unpaired) electrons. The van der Waals surface area contributed by atoms with E-state index >= 15 is 0 Å². The van der Waals surface area contributed by atoms with Gasteiger partial charge in [-0.3, -0.25) is 9.78 Å². The van der Waals surface area contributed by atoms with Crippen LogP contribution < -0.4 is 5.32 Å². The number of nitrogens with zero attached hydrogens (tertiary/aromatic N) is 4. The Morgan fingerprint density at radius 2 is 1.86 bits per heavy atom. The van der Waals surface area contributed by atoms with Crippen LogP contribution in [0.2, 0.25) is 0 Å². The van der Waals surface area contributed by atoms with Crippen LogP contribution in [0, 0.1) is 11.6 Å². The van der Waals surface area contributed by atoms with Crippen LogP contribution >= 0.6 is 0 Å². The van der Waals surface area contributed by atoms with Gasteiger partial charge >= 0.3 is 0 Å². The number of aromatic nitrogens is 4. The average molecular weight is 488 g/mol. The molecule has 0 bridgehead atoms. The molecule has 3 aromatic heterocycles. The topological polar surface area (TPSA) is 85.8 Å². The average Bonchev–Trinajstić information content (AvgIpc) is 3.52. The van der Waals surface area contributed by atoms with E-state index < -0.39 is 11.6 Å². The second-order valence-corrected chi connectivity index (χ2v) is 8.75. The van der Waals surface area contributed by atoms with Crippen LogP contribution in [0.5, 0.6) is 0 Å². The number of fused-ring (bicyclic) bond motifs is 1. The van der Waals surface area contributed by atoms with Crippen molar-refractivity contribution in [3.63, 3.8) is 0 Å². The van der Waals surface area contributed by atoms with Crippen LogP contribution in [-0.4, -0.2) is 25.7 Å². The number of carbonyl (C=O) groups is 1. The van der Waals surface area contributed by atoms with Crippen molar-refractivity contribution in [2.75, 3.05) is 0 Å². The molecule has 0 saturated carbocycles. The van der Waals surface area contributed by atoms with Crippen molar-refractivity contribution >= 4 is 16.8 Å². The Bertz CT molecular complexity index is 1530. The highest BCUT2D eigenvalue weighted by Gasteiger charge is 2.26. The van der Waals surface area contributed by atoms with Crippen LogP contribution in [0.1, 0.15) is 46.9 Å². The van der Waals surface area contributed by atoms with Gasteiger partial charge < -0.3 is 14.3 Å². The van der Waals surface area contributed by atoms with Crippen molar-refractivity contribution in [1.29, 1.82) is 0 Å². The summed E-state index contributed by atoms with van der Waals surface area (Å²) in [6.45, 7) is 4.63. The maximum absolute atomic E-state index is 13.7. The fourth-order valence-corrected chi connectivity index (χ4v) is 4.36. The van der Waals surface area contributed by atoms with E-state index in [-0.39, 0.29) is 24.3 Å². The number of benzene rings is 2. The van der Waals surface area contributed by atoms with Crippen LogP contribution in [-0.2, 0) is 13.1 Å². The van der Waals surface area contributed by atoms with Crippen molar-refractivity contribution in [1.82, 2.24) is 25.1 Å². The van der Waals surface area contributed by atoms with E-state index in [1.807, 2.05) is 50.2 Å². The maximum Gasteiger partial charge on any atom is 0.266 e. The summed E-state index contributed by atoms with van der Waals surface area (Å²) in [7, 11) is 0. The van der Waals surface area contributed by atoms with Gasteiger partial charge in [0.05, 0.1) is 11.1 Å². The molecule has 0 aliphatic carbocycles. The summed E-state index contributed by atoms with van der Waals surface area (Å²) in [5.74, 6) is -1.94. The molecule has 0 spiro atoms. The minimum atomic E-state index is -0.957. The Labute approximate surface area is 205 Å². The summed E-state index contributed by atoms with van der Waals surface area (Å²) in [5.41, 5.74) is 4.14. The summed E-state index contributed by atoms with van der Waals surface area (Å²) in [5, 5.41) is 11.2. The summed E-state index contributed by atoms with van der Waals surface area (Å²) < 4.78 is 34.4. The second-order valence-electron chi connectivity index (χ2n) is 8.75. The number of pyridine rings is 1. The molecule has 182 valence electrons. The molecule has 0 atom stereocenters. The number of rotatable bonds is 7. The minimum Gasteiger partial charge on any atom is -0.422 e. The Hall–Kier alpha value is -4.40. The second kappa shape index (κ2) is 9.69. The van der Waals surface area contributed by atoms with E-state index in [1.54, 1.807) is 6.20 Å². The molecule has 2 aromatic carbocycles. The van der Waals surface area contributed by atoms with Crippen molar-refractivity contribution in [2.45, 2.75) is 32.9 Å². The molecule has 0 unspecified atom stereocenters. The zero-order valence-corrected chi connectivity index (χ0v) is 19.7. The molecule has 36 heavy (non-hydrogen) atoms. The molecule has 0 aliphatic heterocycles. The number of nitrogens with one attached hydrogen (secondary N) is 1. The highest BCUT2D eigenvalue weighted by Crippen LogP contribution is 2.33. The van der Waals surface area contributed by atoms with E-state index in [1.165, 1.54) is 12.5 Å². The SMILES string of the molecule is CC(C)c1c(C(=O)NCc2ccc(F)c(F)c2)c2cnc(-c3nnco3)cc2n1Cc1ccccc1. The Morgan fingerprint density at radius 3 is 2.56 bits per heavy atom. The van der Waals surface area contributed by atoms with Crippen molar-refractivity contribution in [2.24, 2.45) is 0 Å². The molecule has 5 aromatic rings. The van der Waals surface area contributed by atoms with E-state index in [4.69, 9.17) is 4.42 Å². The number of carbonyl (C=O) groups excluding carboxylic acids is 1. The largest absolute Gasteiger partial charge is 0.422 e. The summed E-state index contributed by atoms with van der Waals surface area (Å²) in [6, 6.07) is 15.4. The first-order valence-electron chi connectivity index (χ1n) is 11.5. The zero-order valence-electron chi connectivity index (χ0n) is 19.7. The van der Waals surface area contributed by atoms with Gasteiger partial charge in [0, 0.05) is 30.4 Å². The fraction of sp³-hybridized carbons (Fsp3) is 0.185. The van der Waals surface area contributed by atoms with E-state index in [9.17, 15) is 13.6 Å². The first kappa shape index (κ1) is 23.3.